The number of hydrogen-bond donors (Lipinski definition) is 2. The fraction of sp³-hybridized carbons (Fsp3) is 0.294. The highest BCUT2D eigenvalue weighted by Gasteiger charge is 2.11. The van der Waals surface area contributed by atoms with Crippen molar-refractivity contribution in [1.82, 2.24) is 5.32 Å². The van der Waals surface area contributed by atoms with Crippen LogP contribution in [0.1, 0.15) is 18.0 Å². The minimum Gasteiger partial charge on any atom is -0.376 e. The summed E-state index contributed by atoms with van der Waals surface area (Å²) in [5.41, 5.74) is 2.33. The van der Waals surface area contributed by atoms with Crippen molar-refractivity contribution in [3.63, 3.8) is 0 Å². The van der Waals surface area contributed by atoms with E-state index in [1.165, 1.54) is 5.56 Å². The molecule has 1 unspecified atom stereocenters. The molecule has 2 rings (SSSR count). The number of aliphatic hydroxyl groups is 1. The predicted molar refractivity (Wildman–Crippen MR) is 83.7 cm³/mol. The van der Waals surface area contributed by atoms with Gasteiger partial charge in [-0.05, 0) is 31.2 Å². The van der Waals surface area contributed by atoms with Crippen LogP contribution in [0.4, 0.5) is 5.69 Å². The normalized spacial score (nSPS) is 12.1. The summed E-state index contributed by atoms with van der Waals surface area (Å²) in [5.74, 6) is 0. The van der Waals surface area contributed by atoms with Crippen molar-refractivity contribution in [2.45, 2.75) is 12.5 Å². The van der Waals surface area contributed by atoms with Crippen molar-refractivity contribution in [2.75, 3.05) is 25.2 Å². The van der Waals surface area contributed by atoms with Crippen molar-refractivity contribution in [2.24, 2.45) is 0 Å². The third kappa shape index (κ3) is 3.83. The quantitative estimate of drug-likeness (QED) is 0.759. The van der Waals surface area contributed by atoms with E-state index in [0.29, 0.717) is 6.04 Å². The molecule has 0 radical (unpaired) electrons. The van der Waals surface area contributed by atoms with E-state index in [4.69, 9.17) is 0 Å². The second-order valence-corrected chi connectivity index (χ2v) is 4.78. The smallest absolute Gasteiger partial charge is 0.115 e. The second kappa shape index (κ2) is 7.68. The number of nitrogens with zero attached hydrogens (tertiary/aromatic N) is 1. The van der Waals surface area contributed by atoms with E-state index >= 15 is 0 Å². The Morgan fingerprint density at radius 3 is 2.15 bits per heavy atom. The van der Waals surface area contributed by atoms with E-state index in [-0.39, 0.29) is 6.73 Å². The fourth-order valence-corrected chi connectivity index (χ4v) is 2.37. The maximum Gasteiger partial charge on any atom is 0.115 e. The SMILES string of the molecule is CNC(CCN(CO)c1ccccc1)c1ccccc1. The first-order valence-electron chi connectivity index (χ1n) is 6.98. The van der Waals surface area contributed by atoms with Gasteiger partial charge in [0.05, 0.1) is 0 Å². The lowest BCUT2D eigenvalue weighted by molar-refractivity contribution is 0.288. The fourth-order valence-electron chi connectivity index (χ4n) is 2.37. The summed E-state index contributed by atoms with van der Waals surface area (Å²) in [7, 11) is 1.98. The number of benzene rings is 2. The van der Waals surface area contributed by atoms with Crippen LogP contribution in [0.2, 0.25) is 0 Å². The Morgan fingerprint density at radius 2 is 1.60 bits per heavy atom. The number of rotatable bonds is 7. The largest absolute Gasteiger partial charge is 0.376 e. The number of hydrogen-bond acceptors (Lipinski definition) is 3. The number of nitrogens with one attached hydrogen (secondary N) is 1. The highest BCUT2D eigenvalue weighted by molar-refractivity contribution is 5.45. The van der Waals surface area contributed by atoms with Gasteiger partial charge in [-0.15, -0.1) is 0 Å². The molecule has 3 heteroatoms. The topological polar surface area (TPSA) is 35.5 Å². The maximum atomic E-state index is 9.54. The van der Waals surface area contributed by atoms with Crippen molar-refractivity contribution in [3.05, 3.63) is 66.2 Å². The molecule has 2 N–H and O–H groups in total. The van der Waals surface area contributed by atoms with Crippen LogP contribution in [0.3, 0.4) is 0 Å². The summed E-state index contributed by atoms with van der Waals surface area (Å²) in [4.78, 5) is 1.98. The summed E-state index contributed by atoms with van der Waals surface area (Å²) in [6.45, 7) is 0.843. The van der Waals surface area contributed by atoms with Gasteiger partial charge in [-0.1, -0.05) is 48.5 Å². The lowest BCUT2D eigenvalue weighted by atomic mass is 10.0. The summed E-state index contributed by atoms with van der Waals surface area (Å²) < 4.78 is 0. The molecule has 0 saturated carbocycles. The zero-order valence-electron chi connectivity index (χ0n) is 11.9. The van der Waals surface area contributed by atoms with E-state index < -0.39 is 0 Å². The number of aliphatic hydroxyl groups excluding tert-OH is 1. The first-order valence-corrected chi connectivity index (χ1v) is 6.98. The highest BCUT2D eigenvalue weighted by Crippen LogP contribution is 2.19. The molecule has 0 heterocycles. The molecule has 0 spiro atoms. The molecule has 2 aromatic carbocycles. The van der Waals surface area contributed by atoms with Gasteiger partial charge < -0.3 is 15.3 Å². The van der Waals surface area contributed by atoms with Crippen molar-refractivity contribution >= 4 is 5.69 Å². The maximum absolute atomic E-state index is 9.54. The highest BCUT2D eigenvalue weighted by atomic mass is 16.3. The second-order valence-electron chi connectivity index (χ2n) is 4.78. The van der Waals surface area contributed by atoms with Gasteiger partial charge in [0.25, 0.3) is 0 Å². The van der Waals surface area contributed by atoms with Crippen LogP contribution in [0, 0.1) is 0 Å². The van der Waals surface area contributed by atoms with Crippen molar-refractivity contribution in [1.29, 1.82) is 0 Å². The third-order valence-electron chi connectivity index (χ3n) is 3.53. The molecule has 0 aliphatic heterocycles. The lowest BCUT2D eigenvalue weighted by Crippen LogP contribution is -2.29. The van der Waals surface area contributed by atoms with Gasteiger partial charge in [0, 0.05) is 18.3 Å². The summed E-state index contributed by atoms with van der Waals surface area (Å²) in [5, 5.41) is 12.9. The van der Waals surface area contributed by atoms with Crippen LogP contribution in [-0.2, 0) is 0 Å². The molecule has 2 aromatic rings. The van der Waals surface area contributed by atoms with Crippen LogP contribution in [0.5, 0.6) is 0 Å². The predicted octanol–water partition coefficient (Wildman–Crippen LogP) is 2.79. The van der Waals surface area contributed by atoms with Gasteiger partial charge in [-0.2, -0.15) is 0 Å². The average molecular weight is 270 g/mol. The molecule has 0 aliphatic carbocycles. The number of para-hydroxylation sites is 1. The minimum atomic E-state index is 0.0369. The van der Waals surface area contributed by atoms with Gasteiger partial charge in [0.1, 0.15) is 6.73 Å². The van der Waals surface area contributed by atoms with E-state index in [1.807, 2.05) is 48.3 Å². The first-order chi connectivity index (χ1) is 9.85. The standard InChI is InChI=1S/C17H22N2O/c1-18-17(15-8-4-2-5-9-15)12-13-19(14-20)16-10-6-3-7-11-16/h2-11,17-18,20H,12-14H2,1H3. The Balaban J connectivity index is 1.99. The van der Waals surface area contributed by atoms with Crippen LogP contribution in [-0.4, -0.2) is 25.4 Å². The zero-order valence-corrected chi connectivity index (χ0v) is 11.9. The summed E-state index contributed by atoms with van der Waals surface area (Å²) >= 11 is 0. The van der Waals surface area contributed by atoms with Crippen LogP contribution in [0.25, 0.3) is 0 Å². The number of anilines is 1. The lowest BCUT2D eigenvalue weighted by Gasteiger charge is -2.25. The molecular weight excluding hydrogens is 248 g/mol. The Kier molecular flexibility index (Phi) is 5.59. The van der Waals surface area contributed by atoms with E-state index in [2.05, 4.69) is 29.6 Å². The van der Waals surface area contributed by atoms with Gasteiger partial charge in [0.2, 0.25) is 0 Å². The molecule has 20 heavy (non-hydrogen) atoms. The van der Waals surface area contributed by atoms with Crippen LogP contribution >= 0.6 is 0 Å². The van der Waals surface area contributed by atoms with E-state index in [1.54, 1.807) is 0 Å². The molecule has 3 nitrogen and oxygen atoms in total. The molecule has 0 aromatic heterocycles. The molecule has 1 atom stereocenters. The van der Waals surface area contributed by atoms with Crippen LogP contribution < -0.4 is 10.2 Å². The summed E-state index contributed by atoms with van der Waals surface area (Å²) in [6.07, 6.45) is 0.940. The Labute approximate surface area is 120 Å². The molecule has 0 fully saturated rings. The molecule has 0 bridgehead atoms. The first kappa shape index (κ1) is 14.6. The van der Waals surface area contributed by atoms with E-state index in [9.17, 15) is 5.11 Å². The van der Waals surface area contributed by atoms with Gasteiger partial charge in [-0.3, -0.25) is 0 Å². The summed E-state index contributed by atoms with van der Waals surface area (Å²) in [6, 6.07) is 20.7. The monoisotopic (exact) mass is 270 g/mol. The minimum absolute atomic E-state index is 0.0369. The van der Waals surface area contributed by atoms with E-state index in [0.717, 1.165) is 18.7 Å². The molecular formula is C17H22N2O. The third-order valence-corrected chi connectivity index (χ3v) is 3.53. The van der Waals surface area contributed by atoms with Crippen molar-refractivity contribution in [3.8, 4) is 0 Å². The Hall–Kier alpha value is -1.84. The van der Waals surface area contributed by atoms with Crippen LogP contribution in [0.15, 0.2) is 60.7 Å². The van der Waals surface area contributed by atoms with Gasteiger partial charge in [-0.25, -0.2) is 0 Å². The molecule has 0 aliphatic rings. The Morgan fingerprint density at radius 1 is 1.00 bits per heavy atom. The van der Waals surface area contributed by atoms with Gasteiger partial charge >= 0.3 is 0 Å². The average Bonchev–Trinajstić information content (AvgIpc) is 2.53. The zero-order chi connectivity index (χ0) is 14.2. The van der Waals surface area contributed by atoms with Crippen molar-refractivity contribution < 1.29 is 5.11 Å². The molecule has 0 amide bonds. The molecule has 106 valence electrons. The molecule has 0 saturated heterocycles. The van der Waals surface area contributed by atoms with Gasteiger partial charge in [0.15, 0.2) is 0 Å². The Bertz CT molecular complexity index is 439.